The summed E-state index contributed by atoms with van der Waals surface area (Å²) in [6, 6.07) is 10.2. The Hall–Kier alpha value is -3.64. The highest BCUT2D eigenvalue weighted by molar-refractivity contribution is 5.71. The second-order valence-electron chi connectivity index (χ2n) is 7.67. The van der Waals surface area contributed by atoms with Crippen LogP contribution in [0.15, 0.2) is 36.7 Å². The molecule has 2 N–H and O–H groups in total. The number of nitrogens with zero attached hydrogens (tertiary/aromatic N) is 5. The summed E-state index contributed by atoms with van der Waals surface area (Å²) >= 11 is 0. The third-order valence-corrected chi connectivity index (χ3v) is 5.27. The zero-order chi connectivity index (χ0) is 21.8. The van der Waals surface area contributed by atoms with Crippen LogP contribution in [0.5, 0.6) is 11.5 Å². The Labute approximate surface area is 181 Å². The number of methoxy groups -OCH3 is 1. The van der Waals surface area contributed by atoms with Gasteiger partial charge in [-0.2, -0.15) is 10.4 Å². The Morgan fingerprint density at radius 3 is 2.77 bits per heavy atom. The quantitative estimate of drug-likeness (QED) is 0.600. The number of likely N-dealkylation sites (tertiary alicyclic amines) is 1. The second-order valence-corrected chi connectivity index (χ2v) is 7.67. The van der Waals surface area contributed by atoms with Gasteiger partial charge in [0.1, 0.15) is 29.5 Å². The minimum absolute atomic E-state index is 0.189. The summed E-state index contributed by atoms with van der Waals surface area (Å²) in [7, 11) is 1.64. The molecule has 1 aliphatic heterocycles. The van der Waals surface area contributed by atoms with E-state index in [1.807, 2.05) is 30.3 Å². The lowest BCUT2D eigenvalue weighted by molar-refractivity contribution is 0.187. The minimum atomic E-state index is 0.189. The van der Waals surface area contributed by atoms with Crippen molar-refractivity contribution < 1.29 is 9.47 Å². The van der Waals surface area contributed by atoms with Gasteiger partial charge in [-0.25, -0.2) is 9.97 Å². The highest BCUT2D eigenvalue weighted by Crippen LogP contribution is 2.34. The molecule has 1 aliphatic rings. The van der Waals surface area contributed by atoms with Gasteiger partial charge in [0.2, 0.25) is 0 Å². The maximum atomic E-state index is 8.82. The molecule has 1 fully saturated rings. The lowest BCUT2D eigenvalue weighted by atomic mass is 10.1. The molecule has 1 unspecified atom stereocenters. The van der Waals surface area contributed by atoms with Gasteiger partial charge >= 0.3 is 0 Å². The fourth-order valence-electron chi connectivity index (χ4n) is 3.58. The maximum Gasteiger partial charge on any atom is 0.158 e. The van der Waals surface area contributed by atoms with Crippen molar-refractivity contribution in [2.24, 2.45) is 0 Å². The first-order chi connectivity index (χ1) is 15.1. The first-order valence-electron chi connectivity index (χ1n) is 10.2. The molecule has 31 heavy (non-hydrogen) atoms. The molecule has 160 valence electrons. The van der Waals surface area contributed by atoms with Gasteiger partial charge in [0.05, 0.1) is 25.2 Å². The molecule has 0 aliphatic carbocycles. The summed E-state index contributed by atoms with van der Waals surface area (Å²) < 4.78 is 11.8. The van der Waals surface area contributed by atoms with Crippen LogP contribution in [-0.4, -0.2) is 57.4 Å². The lowest BCUT2D eigenvalue weighted by Crippen LogP contribution is -2.30. The number of aromatic amines is 1. The number of hydrogen-bond acceptors (Lipinski definition) is 8. The van der Waals surface area contributed by atoms with Crippen molar-refractivity contribution in [2.75, 3.05) is 25.5 Å². The third-order valence-electron chi connectivity index (χ3n) is 5.27. The Morgan fingerprint density at radius 2 is 2.10 bits per heavy atom. The highest BCUT2D eigenvalue weighted by Gasteiger charge is 2.25. The number of H-pyrrole nitrogens is 1. The monoisotopic (exact) mass is 419 g/mol. The van der Waals surface area contributed by atoms with E-state index < -0.39 is 0 Å². The Morgan fingerprint density at radius 1 is 1.23 bits per heavy atom. The smallest absolute Gasteiger partial charge is 0.158 e. The molecule has 3 aromatic rings. The first-order valence-corrected chi connectivity index (χ1v) is 10.2. The highest BCUT2D eigenvalue weighted by atomic mass is 16.5. The molecule has 2 aromatic heterocycles. The SMILES string of the molecule is COc1cc(OC2CCN(C(C)C)C2)ccc1-c1cc(Nc2cnc(C#N)cn2)n[nH]1. The molecule has 0 spiro atoms. The van der Waals surface area contributed by atoms with Gasteiger partial charge in [-0.15, -0.1) is 0 Å². The number of anilines is 2. The molecular formula is C22H25N7O2. The number of hydrogen-bond donors (Lipinski definition) is 2. The second kappa shape index (κ2) is 9.02. The molecule has 4 rings (SSSR count). The molecule has 3 heterocycles. The van der Waals surface area contributed by atoms with Crippen LogP contribution in [0, 0.1) is 11.3 Å². The zero-order valence-electron chi connectivity index (χ0n) is 17.8. The normalized spacial score (nSPS) is 16.3. The van der Waals surface area contributed by atoms with Gasteiger partial charge in [-0.1, -0.05) is 0 Å². The topological polar surface area (TPSA) is 112 Å². The van der Waals surface area contributed by atoms with Crippen molar-refractivity contribution in [1.82, 2.24) is 25.1 Å². The number of rotatable bonds is 7. The summed E-state index contributed by atoms with van der Waals surface area (Å²) in [4.78, 5) is 10.6. The van der Waals surface area contributed by atoms with E-state index in [0.717, 1.165) is 36.5 Å². The van der Waals surface area contributed by atoms with Crippen LogP contribution in [0.2, 0.25) is 0 Å². The summed E-state index contributed by atoms with van der Waals surface area (Å²) in [5.74, 6) is 2.57. The van der Waals surface area contributed by atoms with Crippen LogP contribution in [0.3, 0.4) is 0 Å². The van der Waals surface area contributed by atoms with Crippen molar-refractivity contribution in [3.05, 3.63) is 42.4 Å². The van der Waals surface area contributed by atoms with Crippen molar-refractivity contribution in [3.63, 3.8) is 0 Å². The van der Waals surface area contributed by atoms with Gasteiger partial charge < -0.3 is 14.8 Å². The molecule has 1 atom stereocenters. The van der Waals surface area contributed by atoms with E-state index in [2.05, 4.69) is 44.2 Å². The summed E-state index contributed by atoms with van der Waals surface area (Å²) in [5.41, 5.74) is 1.92. The van der Waals surface area contributed by atoms with Crippen LogP contribution < -0.4 is 14.8 Å². The Bertz CT molecular complexity index is 1070. The molecule has 9 nitrogen and oxygen atoms in total. The lowest BCUT2D eigenvalue weighted by Gasteiger charge is -2.20. The van der Waals surface area contributed by atoms with Crippen molar-refractivity contribution in [1.29, 1.82) is 5.26 Å². The molecule has 1 aromatic carbocycles. The standard InChI is InChI=1S/C22H25N7O2/c1-14(2)29-7-6-17(13-29)31-16-4-5-18(20(8-16)30-3)19-9-21(28-27-19)26-22-12-24-15(10-23)11-25-22/h4-5,8-9,11-12,14,17H,6-7,13H2,1-3H3,(H2,25,26,27,28). The average Bonchev–Trinajstić information content (AvgIpc) is 3.44. The Kier molecular flexibility index (Phi) is 6.00. The molecule has 1 saturated heterocycles. The number of benzene rings is 1. The molecule has 0 bridgehead atoms. The average molecular weight is 419 g/mol. The van der Waals surface area contributed by atoms with E-state index in [-0.39, 0.29) is 11.8 Å². The van der Waals surface area contributed by atoms with Crippen LogP contribution in [-0.2, 0) is 0 Å². The third kappa shape index (κ3) is 4.75. The van der Waals surface area contributed by atoms with E-state index in [0.29, 0.717) is 23.4 Å². The molecular weight excluding hydrogens is 394 g/mol. The van der Waals surface area contributed by atoms with Crippen molar-refractivity contribution >= 4 is 11.6 Å². The van der Waals surface area contributed by atoms with Gasteiger partial charge in [0.25, 0.3) is 0 Å². The fourth-order valence-corrected chi connectivity index (χ4v) is 3.58. The Balaban J connectivity index is 1.46. The predicted octanol–water partition coefficient (Wildman–Crippen LogP) is 3.35. The maximum absolute atomic E-state index is 8.82. The molecule has 9 heteroatoms. The van der Waals surface area contributed by atoms with E-state index in [4.69, 9.17) is 14.7 Å². The van der Waals surface area contributed by atoms with Gasteiger partial charge in [0.15, 0.2) is 11.5 Å². The predicted molar refractivity (Wildman–Crippen MR) is 116 cm³/mol. The number of nitrogens with one attached hydrogen (secondary N) is 2. The molecule has 0 amide bonds. The van der Waals surface area contributed by atoms with Gasteiger partial charge in [-0.3, -0.25) is 10.00 Å². The number of nitriles is 1. The first kappa shape index (κ1) is 20.6. The van der Waals surface area contributed by atoms with Crippen molar-refractivity contribution in [2.45, 2.75) is 32.4 Å². The van der Waals surface area contributed by atoms with Gasteiger partial charge in [0, 0.05) is 36.8 Å². The van der Waals surface area contributed by atoms with Crippen LogP contribution in [0.25, 0.3) is 11.3 Å². The largest absolute Gasteiger partial charge is 0.496 e. The summed E-state index contributed by atoms with van der Waals surface area (Å²) in [6.45, 7) is 6.42. The van der Waals surface area contributed by atoms with E-state index >= 15 is 0 Å². The number of aromatic nitrogens is 4. The molecule has 0 saturated carbocycles. The zero-order valence-corrected chi connectivity index (χ0v) is 17.8. The van der Waals surface area contributed by atoms with Gasteiger partial charge in [-0.05, 0) is 32.4 Å². The number of ether oxygens (including phenoxy) is 2. The molecule has 0 radical (unpaired) electrons. The van der Waals surface area contributed by atoms with E-state index in [9.17, 15) is 0 Å². The van der Waals surface area contributed by atoms with Crippen LogP contribution in [0.4, 0.5) is 11.6 Å². The van der Waals surface area contributed by atoms with Crippen molar-refractivity contribution in [3.8, 4) is 28.8 Å². The van der Waals surface area contributed by atoms with Crippen LogP contribution in [0.1, 0.15) is 26.0 Å². The van der Waals surface area contributed by atoms with E-state index in [1.165, 1.54) is 12.4 Å². The minimum Gasteiger partial charge on any atom is -0.496 e. The fraction of sp³-hybridized carbons (Fsp3) is 0.364. The summed E-state index contributed by atoms with van der Waals surface area (Å²) in [5, 5.41) is 19.2. The van der Waals surface area contributed by atoms with Crippen LogP contribution >= 0.6 is 0 Å². The summed E-state index contributed by atoms with van der Waals surface area (Å²) in [6.07, 6.45) is 4.11. The van der Waals surface area contributed by atoms with E-state index in [1.54, 1.807) is 7.11 Å².